The normalized spacial score (nSPS) is 11.9. The highest BCUT2D eigenvalue weighted by Gasteiger charge is 2.20. The summed E-state index contributed by atoms with van der Waals surface area (Å²) in [5.74, 6) is -1.92. The third-order valence-corrected chi connectivity index (χ3v) is 12.5. The van der Waals surface area contributed by atoms with Crippen LogP contribution in [0.3, 0.4) is 0 Å². The summed E-state index contributed by atoms with van der Waals surface area (Å²) in [5, 5.41) is 9.42. The molecule has 1 N–H and O–H groups in total. The summed E-state index contributed by atoms with van der Waals surface area (Å²) in [7, 11) is 0. The predicted octanol–water partition coefficient (Wildman–Crippen LogP) is 13.2. The van der Waals surface area contributed by atoms with E-state index < -0.39 is 11.9 Å². The molecule has 12 heteroatoms. The maximum atomic E-state index is 13.0. The first kappa shape index (κ1) is 65.3. The lowest BCUT2D eigenvalue weighted by Crippen LogP contribution is -2.31. The van der Waals surface area contributed by atoms with Crippen molar-refractivity contribution in [3.05, 3.63) is 0 Å². The van der Waals surface area contributed by atoms with Gasteiger partial charge < -0.3 is 33.7 Å². The van der Waals surface area contributed by atoms with Crippen LogP contribution in [0.5, 0.6) is 0 Å². The van der Waals surface area contributed by atoms with Crippen LogP contribution >= 0.6 is 0 Å². The third kappa shape index (κ3) is 45.7. The van der Waals surface area contributed by atoms with E-state index in [0.29, 0.717) is 51.0 Å². The first-order valence-corrected chi connectivity index (χ1v) is 28.2. The number of carbonyl (C=O) groups is 5. The van der Waals surface area contributed by atoms with E-state index in [1.165, 1.54) is 77.0 Å². The molecular weight excluding hydrogens is 863 g/mol. The van der Waals surface area contributed by atoms with E-state index in [1.807, 2.05) is 0 Å². The fourth-order valence-corrected chi connectivity index (χ4v) is 8.25. The number of rotatable bonds is 51. The van der Waals surface area contributed by atoms with Crippen LogP contribution in [0.25, 0.3) is 0 Å². The van der Waals surface area contributed by atoms with Gasteiger partial charge in [0.05, 0.1) is 25.7 Å². The minimum Gasteiger partial charge on any atom is -0.465 e. The van der Waals surface area contributed by atoms with Crippen molar-refractivity contribution in [1.29, 1.82) is 0 Å². The van der Waals surface area contributed by atoms with Gasteiger partial charge in [-0.2, -0.15) is 0 Å². The number of ether oxygens (including phenoxy) is 5. The molecule has 1 atom stereocenters. The Labute approximate surface area is 416 Å². The van der Waals surface area contributed by atoms with Crippen molar-refractivity contribution in [2.75, 3.05) is 59.3 Å². The molecule has 0 amide bonds. The summed E-state index contributed by atoms with van der Waals surface area (Å²) < 4.78 is 28.1. The van der Waals surface area contributed by atoms with Crippen molar-refractivity contribution >= 4 is 29.8 Å². The molecule has 0 spiro atoms. The van der Waals surface area contributed by atoms with Crippen molar-refractivity contribution in [2.45, 2.75) is 253 Å². The second kappa shape index (κ2) is 49.3. The highest BCUT2D eigenvalue weighted by atomic mass is 16.6. The smallest absolute Gasteiger partial charge is 0.305 e. The molecule has 400 valence electrons. The molecule has 68 heavy (non-hydrogen) atoms. The molecule has 0 aromatic heterocycles. The quantitative estimate of drug-likeness (QED) is 0.0350. The molecule has 0 aliphatic heterocycles. The fourth-order valence-electron chi connectivity index (χ4n) is 8.25. The van der Waals surface area contributed by atoms with Gasteiger partial charge in [0, 0.05) is 51.1 Å². The average molecular weight is 968 g/mol. The second-order valence-electron chi connectivity index (χ2n) is 19.9. The molecule has 0 bridgehead atoms. The zero-order valence-electron chi connectivity index (χ0n) is 44.6. The van der Waals surface area contributed by atoms with Crippen LogP contribution in [-0.4, -0.2) is 99.1 Å². The average Bonchev–Trinajstić information content (AvgIpc) is 3.31. The van der Waals surface area contributed by atoms with Gasteiger partial charge in [-0.1, -0.05) is 176 Å². The molecule has 1 unspecified atom stereocenters. The van der Waals surface area contributed by atoms with Crippen LogP contribution in [0.1, 0.15) is 253 Å². The lowest BCUT2D eigenvalue weighted by Gasteiger charge is -2.23. The van der Waals surface area contributed by atoms with Crippen LogP contribution in [0.2, 0.25) is 0 Å². The standard InChI is InChI=1S/C56H105NO11/c1-6-9-12-15-16-17-18-19-20-21-22-23-24-27-30-37-54(61)66-46-51(47-67-55(62)38-31-32-40-57(41-42-58)43-49(4)5)48-68-56(63)39-33-34-50(44-64-52(59)35-28-25-13-10-7-2)45-65-53(60)36-29-26-14-11-8-3/h49-51,58H,6-48H2,1-5H3. The minimum atomic E-state index is -0.519. The molecule has 0 aliphatic carbocycles. The first-order chi connectivity index (χ1) is 33.0. The number of nitrogens with zero attached hydrogens (tertiary/aromatic N) is 1. The Hall–Kier alpha value is -2.73. The first-order valence-electron chi connectivity index (χ1n) is 28.2. The molecule has 0 aromatic rings. The number of aliphatic hydroxyl groups is 1. The monoisotopic (exact) mass is 968 g/mol. The fraction of sp³-hybridized carbons (Fsp3) is 0.911. The van der Waals surface area contributed by atoms with E-state index in [1.54, 1.807) is 0 Å². The van der Waals surface area contributed by atoms with E-state index in [4.69, 9.17) is 23.7 Å². The zero-order chi connectivity index (χ0) is 50.1. The third-order valence-electron chi connectivity index (χ3n) is 12.5. The van der Waals surface area contributed by atoms with E-state index in [0.717, 1.165) is 103 Å². The topological polar surface area (TPSA) is 155 Å². The van der Waals surface area contributed by atoms with Crippen LogP contribution in [0, 0.1) is 17.8 Å². The number of hydrogen-bond acceptors (Lipinski definition) is 12. The number of esters is 5. The minimum absolute atomic E-state index is 0.0283. The Balaban J connectivity index is 5.04. The molecule has 0 aromatic carbocycles. The van der Waals surface area contributed by atoms with Gasteiger partial charge in [0.15, 0.2) is 0 Å². The van der Waals surface area contributed by atoms with E-state index in [2.05, 4.69) is 39.5 Å². The van der Waals surface area contributed by atoms with E-state index in [-0.39, 0.29) is 82.3 Å². The molecule has 0 saturated carbocycles. The summed E-state index contributed by atoms with van der Waals surface area (Å²) in [6.07, 6.45) is 32.7. The lowest BCUT2D eigenvalue weighted by atomic mass is 10.0. The van der Waals surface area contributed by atoms with Crippen molar-refractivity contribution in [2.24, 2.45) is 17.8 Å². The van der Waals surface area contributed by atoms with Crippen molar-refractivity contribution in [3.8, 4) is 0 Å². The van der Waals surface area contributed by atoms with Gasteiger partial charge in [-0.05, 0) is 57.4 Å². The number of hydrogen-bond donors (Lipinski definition) is 1. The van der Waals surface area contributed by atoms with Gasteiger partial charge in [0.1, 0.15) is 19.8 Å². The van der Waals surface area contributed by atoms with Gasteiger partial charge in [0.25, 0.3) is 0 Å². The Kier molecular flexibility index (Phi) is 47.3. The molecule has 0 radical (unpaired) electrons. The Morgan fingerprint density at radius 3 is 0.956 bits per heavy atom. The highest BCUT2D eigenvalue weighted by molar-refractivity contribution is 5.71. The van der Waals surface area contributed by atoms with Gasteiger partial charge in [-0.25, -0.2) is 0 Å². The van der Waals surface area contributed by atoms with Gasteiger partial charge in [-0.15, -0.1) is 0 Å². The Bertz CT molecular complexity index is 1170. The van der Waals surface area contributed by atoms with Crippen LogP contribution < -0.4 is 0 Å². The van der Waals surface area contributed by atoms with Crippen LogP contribution in [-0.2, 0) is 47.7 Å². The summed E-state index contributed by atoms with van der Waals surface area (Å²) >= 11 is 0. The molecule has 0 saturated heterocycles. The SMILES string of the molecule is CCCCCCCCCCCCCCCCCC(=O)OCC(COC(=O)CCCCN(CCO)CC(C)C)COC(=O)CCCC(COC(=O)CCCCCCC)COC(=O)CCCCCCC. The molecule has 0 rings (SSSR count). The van der Waals surface area contributed by atoms with Crippen molar-refractivity contribution in [1.82, 2.24) is 4.90 Å². The second-order valence-corrected chi connectivity index (χ2v) is 19.9. The van der Waals surface area contributed by atoms with Crippen molar-refractivity contribution in [3.63, 3.8) is 0 Å². The summed E-state index contributed by atoms with van der Waals surface area (Å²) in [4.78, 5) is 65.7. The summed E-state index contributed by atoms with van der Waals surface area (Å²) in [6, 6.07) is 0. The summed E-state index contributed by atoms with van der Waals surface area (Å²) in [5.41, 5.74) is 0. The summed E-state index contributed by atoms with van der Waals surface area (Å²) in [6.45, 7) is 13.3. The lowest BCUT2D eigenvalue weighted by molar-refractivity contribution is -0.155. The zero-order valence-corrected chi connectivity index (χ0v) is 44.6. The van der Waals surface area contributed by atoms with E-state index >= 15 is 0 Å². The maximum Gasteiger partial charge on any atom is 0.305 e. The largest absolute Gasteiger partial charge is 0.465 e. The van der Waals surface area contributed by atoms with Crippen molar-refractivity contribution < 1.29 is 52.8 Å². The maximum absolute atomic E-state index is 13.0. The molecular formula is C56H105NO11. The Morgan fingerprint density at radius 1 is 0.368 bits per heavy atom. The van der Waals surface area contributed by atoms with Gasteiger partial charge in [0.2, 0.25) is 0 Å². The van der Waals surface area contributed by atoms with Crippen LogP contribution in [0.15, 0.2) is 0 Å². The molecule has 0 aliphatic rings. The highest BCUT2D eigenvalue weighted by Crippen LogP contribution is 2.17. The molecule has 0 heterocycles. The Morgan fingerprint density at radius 2 is 0.647 bits per heavy atom. The van der Waals surface area contributed by atoms with Gasteiger partial charge >= 0.3 is 29.8 Å². The predicted molar refractivity (Wildman–Crippen MR) is 274 cm³/mol. The molecule has 12 nitrogen and oxygen atoms in total. The van der Waals surface area contributed by atoms with Crippen LogP contribution in [0.4, 0.5) is 0 Å². The number of carbonyl (C=O) groups excluding carboxylic acids is 5. The van der Waals surface area contributed by atoms with Gasteiger partial charge in [-0.3, -0.25) is 24.0 Å². The number of aliphatic hydroxyl groups excluding tert-OH is 1. The van der Waals surface area contributed by atoms with E-state index in [9.17, 15) is 29.1 Å². The number of unbranched alkanes of at least 4 members (excludes halogenated alkanes) is 23. The molecule has 0 fully saturated rings.